The van der Waals surface area contributed by atoms with Gasteiger partial charge in [0, 0.05) is 6.42 Å². The number of carbonyl (C=O) groups is 1. The van der Waals surface area contributed by atoms with Gasteiger partial charge in [-0.15, -0.1) is 0 Å². The average Bonchev–Trinajstić information content (AvgIpc) is 0.849. The first kappa shape index (κ1) is 88.0. The van der Waals surface area contributed by atoms with E-state index in [-0.39, 0.29) is 18.9 Å². The monoisotopic (exact) mass is 1370 g/mol. The molecule has 12 N–H and O–H groups in total. The van der Waals surface area contributed by atoms with Crippen LogP contribution in [0.15, 0.2) is 48.6 Å². The molecular formula is C77H141NO18. The second-order valence-corrected chi connectivity index (χ2v) is 27.8. The predicted octanol–water partition coefficient (Wildman–Crippen LogP) is 12.1. The van der Waals surface area contributed by atoms with E-state index in [2.05, 4.69) is 55.6 Å². The lowest BCUT2D eigenvalue weighted by Crippen LogP contribution is -2.66. The van der Waals surface area contributed by atoms with Crippen LogP contribution in [0.5, 0.6) is 0 Å². The normalized spacial score (nSPS) is 27.3. The van der Waals surface area contributed by atoms with Crippen LogP contribution in [-0.2, 0) is 33.2 Å². The molecule has 3 saturated heterocycles. The Morgan fingerprint density at radius 2 is 0.688 bits per heavy atom. The molecule has 19 nitrogen and oxygen atoms in total. The number of carbonyl (C=O) groups excluding carboxylic acids is 1. The van der Waals surface area contributed by atoms with Crippen LogP contribution in [0.1, 0.15) is 303 Å². The zero-order valence-corrected chi connectivity index (χ0v) is 59.9. The van der Waals surface area contributed by atoms with Gasteiger partial charge in [-0.3, -0.25) is 4.79 Å². The van der Waals surface area contributed by atoms with E-state index in [1.54, 1.807) is 6.08 Å². The van der Waals surface area contributed by atoms with E-state index in [4.69, 9.17) is 28.4 Å². The zero-order chi connectivity index (χ0) is 69.6. The van der Waals surface area contributed by atoms with Crippen LogP contribution in [-0.4, -0.2) is 193 Å². The van der Waals surface area contributed by atoms with Crippen molar-refractivity contribution in [3.8, 4) is 0 Å². The molecule has 17 unspecified atom stereocenters. The van der Waals surface area contributed by atoms with Gasteiger partial charge in [-0.2, -0.15) is 0 Å². The summed E-state index contributed by atoms with van der Waals surface area (Å²) in [7, 11) is 0. The molecule has 0 aromatic heterocycles. The summed E-state index contributed by atoms with van der Waals surface area (Å²) in [6.45, 7) is 1.71. The molecule has 3 heterocycles. The maximum atomic E-state index is 13.4. The van der Waals surface area contributed by atoms with Gasteiger partial charge >= 0.3 is 0 Å². The highest BCUT2D eigenvalue weighted by molar-refractivity contribution is 5.76. The molecule has 0 bridgehead atoms. The number of ether oxygens (including phenoxy) is 6. The first-order chi connectivity index (χ1) is 46.8. The maximum Gasteiger partial charge on any atom is 0.220 e. The Labute approximate surface area is 580 Å². The van der Waals surface area contributed by atoms with E-state index < -0.39 is 124 Å². The minimum absolute atomic E-state index is 0.246. The fourth-order valence-electron chi connectivity index (χ4n) is 13.1. The molecule has 0 aromatic carbocycles. The number of allylic oxidation sites excluding steroid dienone is 7. The summed E-state index contributed by atoms with van der Waals surface area (Å²) in [5, 5.41) is 120. The quantitative estimate of drug-likeness (QED) is 0.0199. The fourth-order valence-corrected chi connectivity index (χ4v) is 13.1. The molecule has 3 rings (SSSR count). The lowest BCUT2D eigenvalue weighted by atomic mass is 9.96. The number of rotatable bonds is 61. The van der Waals surface area contributed by atoms with Crippen LogP contribution in [0.2, 0.25) is 0 Å². The van der Waals surface area contributed by atoms with E-state index in [1.165, 1.54) is 218 Å². The second-order valence-electron chi connectivity index (χ2n) is 27.8. The molecule has 3 aliphatic heterocycles. The fraction of sp³-hybridized carbons (Fsp3) is 0.883. The number of unbranched alkanes of at least 4 members (excludes halogenated alkanes) is 39. The molecular weight excluding hydrogens is 1230 g/mol. The molecule has 0 aromatic rings. The van der Waals surface area contributed by atoms with Crippen LogP contribution in [0.25, 0.3) is 0 Å². The number of amides is 1. The third-order valence-electron chi connectivity index (χ3n) is 19.4. The Hall–Kier alpha value is -2.25. The Morgan fingerprint density at radius 3 is 1.07 bits per heavy atom. The summed E-state index contributed by atoms with van der Waals surface area (Å²) >= 11 is 0. The van der Waals surface area contributed by atoms with Crippen molar-refractivity contribution in [3.63, 3.8) is 0 Å². The van der Waals surface area contributed by atoms with Crippen molar-refractivity contribution in [3.05, 3.63) is 48.6 Å². The number of aliphatic hydroxyl groups excluding tert-OH is 11. The minimum atomic E-state index is -1.98. The molecule has 17 atom stereocenters. The minimum Gasteiger partial charge on any atom is -0.394 e. The van der Waals surface area contributed by atoms with E-state index >= 15 is 0 Å². The van der Waals surface area contributed by atoms with Crippen molar-refractivity contribution in [1.29, 1.82) is 0 Å². The van der Waals surface area contributed by atoms with E-state index in [0.29, 0.717) is 6.42 Å². The topological polar surface area (TPSA) is 307 Å². The third kappa shape index (κ3) is 38.7. The van der Waals surface area contributed by atoms with Gasteiger partial charge in [-0.25, -0.2) is 0 Å². The SMILES string of the molecule is CCCCCCC/C=C\C/C=C\C/C=C\CCCCCCCCCCCCCCCCCCCCCCCCCCCCC(=O)NC(COC1OC(CO)C(OC2OC(CO)C(OC3OC(CO)C(O)C(O)C3O)C(O)C2O)C(O)C1O)C(O)/C=C/CCCCCCCCCC. The summed E-state index contributed by atoms with van der Waals surface area (Å²) in [5.74, 6) is -0.273. The molecule has 0 radical (unpaired) electrons. The van der Waals surface area contributed by atoms with Crippen molar-refractivity contribution in [2.75, 3.05) is 26.4 Å². The molecule has 0 saturated carbocycles. The lowest BCUT2D eigenvalue weighted by molar-refractivity contribution is -0.379. The zero-order valence-electron chi connectivity index (χ0n) is 59.9. The molecule has 1 amide bonds. The van der Waals surface area contributed by atoms with Crippen LogP contribution < -0.4 is 5.32 Å². The van der Waals surface area contributed by atoms with E-state index in [1.807, 2.05) is 6.08 Å². The molecule has 96 heavy (non-hydrogen) atoms. The highest BCUT2D eigenvalue weighted by atomic mass is 16.8. The second kappa shape index (κ2) is 58.3. The number of hydrogen-bond donors (Lipinski definition) is 12. The van der Waals surface area contributed by atoms with Gasteiger partial charge in [0.1, 0.15) is 73.2 Å². The predicted molar refractivity (Wildman–Crippen MR) is 379 cm³/mol. The lowest BCUT2D eigenvalue weighted by Gasteiger charge is -2.48. The van der Waals surface area contributed by atoms with E-state index in [0.717, 1.165) is 57.8 Å². The van der Waals surface area contributed by atoms with Crippen molar-refractivity contribution < 1.29 is 89.4 Å². The molecule has 3 fully saturated rings. The summed E-state index contributed by atoms with van der Waals surface area (Å²) < 4.78 is 34.3. The van der Waals surface area contributed by atoms with Gasteiger partial charge < -0.3 is 89.9 Å². The highest BCUT2D eigenvalue weighted by Crippen LogP contribution is 2.33. The summed E-state index contributed by atoms with van der Waals surface area (Å²) in [5.41, 5.74) is 0. The van der Waals surface area contributed by atoms with Gasteiger partial charge in [0.05, 0.1) is 38.6 Å². The van der Waals surface area contributed by atoms with Crippen LogP contribution in [0.4, 0.5) is 0 Å². The molecule has 0 spiro atoms. The standard InChI is InChI=1S/C77H141NO18/c1-3-5-7-9-11-13-15-16-17-18-19-20-21-22-23-24-25-26-27-28-29-30-31-32-33-34-35-36-37-38-39-40-41-42-43-44-45-47-49-51-53-55-65(83)78-60(61(82)54-52-50-48-46-14-12-10-8-6-4-2)59-91-75-71(89)68(86)73(63(57-80)93-75)96-77-72(90)69(87)74(64(58-81)94-77)95-76-70(88)67(85)66(84)62(56-79)92-76/h15-16,18-19,21-22,52,54,60-64,66-77,79-82,84-90H,3-14,17,20,23-51,53,55-59H2,1-2H3,(H,78,83)/b16-15-,19-18-,22-21-,54-52+. The van der Waals surface area contributed by atoms with Crippen molar-refractivity contribution >= 4 is 5.91 Å². The highest BCUT2D eigenvalue weighted by Gasteiger charge is 2.53. The number of hydrogen-bond acceptors (Lipinski definition) is 18. The Balaban J connectivity index is 1.24. The first-order valence-corrected chi connectivity index (χ1v) is 38.9. The largest absolute Gasteiger partial charge is 0.394 e. The Bertz CT molecular complexity index is 1930. The molecule has 19 heteroatoms. The maximum absolute atomic E-state index is 13.4. The number of aliphatic hydroxyl groups is 11. The number of nitrogens with one attached hydrogen (secondary N) is 1. The van der Waals surface area contributed by atoms with Crippen molar-refractivity contribution in [2.24, 2.45) is 0 Å². The van der Waals surface area contributed by atoms with Gasteiger partial charge in [0.2, 0.25) is 5.91 Å². The van der Waals surface area contributed by atoms with Gasteiger partial charge in [-0.05, 0) is 57.8 Å². The molecule has 562 valence electrons. The van der Waals surface area contributed by atoms with Gasteiger partial charge in [-0.1, -0.05) is 287 Å². The summed E-state index contributed by atoms with van der Waals surface area (Å²) in [4.78, 5) is 13.4. The average molecular weight is 1370 g/mol. The first-order valence-electron chi connectivity index (χ1n) is 38.9. The van der Waals surface area contributed by atoms with E-state index in [9.17, 15) is 61.0 Å². The van der Waals surface area contributed by atoms with Crippen molar-refractivity contribution in [2.45, 2.75) is 407 Å². The third-order valence-corrected chi connectivity index (χ3v) is 19.4. The summed E-state index contributed by atoms with van der Waals surface area (Å²) in [6.07, 6.45) is 45.9. The van der Waals surface area contributed by atoms with Gasteiger partial charge in [0.15, 0.2) is 18.9 Å². The van der Waals surface area contributed by atoms with Gasteiger partial charge in [0.25, 0.3) is 0 Å². The Kier molecular flexibility index (Phi) is 53.4. The van der Waals surface area contributed by atoms with Crippen LogP contribution >= 0.6 is 0 Å². The van der Waals surface area contributed by atoms with Crippen LogP contribution in [0.3, 0.4) is 0 Å². The van der Waals surface area contributed by atoms with Crippen LogP contribution in [0, 0.1) is 0 Å². The molecule has 3 aliphatic rings. The Morgan fingerprint density at radius 1 is 0.375 bits per heavy atom. The smallest absolute Gasteiger partial charge is 0.220 e. The summed E-state index contributed by atoms with van der Waals surface area (Å²) in [6, 6.07) is -0.970. The van der Waals surface area contributed by atoms with Crippen molar-refractivity contribution in [1.82, 2.24) is 5.32 Å². The molecule has 0 aliphatic carbocycles.